The van der Waals surface area contributed by atoms with Gasteiger partial charge in [-0.2, -0.15) is 0 Å². The number of hydrogen-bond acceptors (Lipinski definition) is 3. The highest BCUT2D eigenvalue weighted by atomic mass is 32.2. The minimum Gasteiger partial charge on any atom is -0.300 e. The Balaban J connectivity index is 0.00000121. The molecule has 17 heavy (non-hydrogen) atoms. The first kappa shape index (κ1) is 15.8. The molecule has 0 aliphatic heterocycles. The van der Waals surface area contributed by atoms with Crippen LogP contribution in [0.4, 0.5) is 0 Å². The van der Waals surface area contributed by atoms with Gasteiger partial charge >= 0.3 is 0 Å². The Morgan fingerprint density at radius 2 is 1.59 bits per heavy atom. The SMILES string of the molecule is CC.CC(=O)CCS(=O)(=O)c1ccc(C)cc1. The van der Waals surface area contributed by atoms with Crippen LogP contribution in [-0.4, -0.2) is 20.0 Å². The molecule has 0 aliphatic rings. The van der Waals surface area contributed by atoms with E-state index in [0.29, 0.717) is 0 Å². The number of sulfone groups is 1. The first-order chi connectivity index (χ1) is 7.92. The fourth-order valence-corrected chi connectivity index (χ4v) is 2.48. The molecule has 4 heteroatoms. The second-order valence-corrected chi connectivity index (χ2v) is 5.69. The molecule has 1 aromatic rings. The second-order valence-electron chi connectivity index (χ2n) is 3.58. The van der Waals surface area contributed by atoms with Crippen molar-refractivity contribution in [2.75, 3.05) is 5.75 Å². The lowest BCUT2D eigenvalue weighted by Gasteiger charge is -2.03. The number of carbonyl (C=O) groups is 1. The van der Waals surface area contributed by atoms with Crippen molar-refractivity contribution in [2.24, 2.45) is 0 Å². The average Bonchev–Trinajstić information content (AvgIpc) is 2.30. The van der Waals surface area contributed by atoms with E-state index >= 15 is 0 Å². The van der Waals surface area contributed by atoms with Crippen LogP contribution in [0.1, 0.15) is 32.8 Å². The lowest BCUT2D eigenvalue weighted by molar-refractivity contribution is -0.116. The molecule has 0 bridgehead atoms. The van der Waals surface area contributed by atoms with Crippen LogP contribution in [-0.2, 0) is 14.6 Å². The lowest BCUT2D eigenvalue weighted by atomic mass is 10.2. The third-order valence-corrected chi connectivity index (χ3v) is 3.83. The highest BCUT2D eigenvalue weighted by Crippen LogP contribution is 2.12. The summed E-state index contributed by atoms with van der Waals surface area (Å²) in [5.74, 6) is -0.212. The third-order valence-electron chi connectivity index (χ3n) is 2.10. The van der Waals surface area contributed by atoms with Crippen LogP contribution in [0.15, 0.2) is 29.2 Å². The molecule has 0 radical (unpaired) electrons. The smallest absolute Gasteiger partial charge is 0.178 e. The minimum absolute atomic E-state index is 0.0796. The molecular weight excluding hydrogens is 236 g/mol. The van der Waals surface area contributed by atoms with Gasteiger partial charge in [0.25, 0.3) is 0 Å². The molecule has 0 fully saturated rings. The maximum atomic E-state index is 11.7. The zero-order valence-corrected chi connectivity index (χ0v) is 11.7. The monoisotopic (exact) mass is 256 g/mol. The molecule has 96 valence electrons. The predicted octanol–water partition coefficient (Wildman–Crippen LogP) is 2.77. The molecule has 0 saturated carbocycles. The molecule has 0 unspecified atom stereocenters. The standard InChI is InChI=1S/C11H14O3S.C2H6/c1-9-3-5-11(6-4-9)15(13,14)8-7-10(2)12;1-2/h3-6H,7-8H2,1-2H3;1-2H3. The van der Waals surface area contributed by atoms with Crippen molar-refractivity contribution in [3.63, 3.8) is 0 Å². The van der Waals surface area contributed by atoms with Crippen LogP contribution in [0.3, 0.4) is 0 Å². The maximum absolute atomic E-state index is 11.7. The van der Waals surface area contributed by atoms with E-state index in [1.807, 2.05) is 20.8 Å². The summed E-state index contributed by atoms with van der Waals surface area (Å²) in [6.07, 6.45) is 0.0796. The first-order valence-electron chi connectivity index (χ1n) is 5.71. The first-order valence-corrected chi connectivity index (χ1v) is 7.36. The normalized spacial score (nSPS) is 10.4. The Morgan fingerprint density at radius 3 is 2.00 bits per heavy atom. The quantitative estimate of drug-likeness (QED) is 0.832. The Kier molecular flexibility index (Phi) is 6.73. The lowest BCUT2D eigenvalue weighted by Crippen LogP contribution is -2.09. The number of rotatable bonds is 4. The summed E-state index contributed by atoms with van der Waals surface area (Å²) in [4.78, 5) is 11.0. The Morgan fingerprint density at radius 1 is 1.12 bits per heavy atom. The van der Waals surface area contributed by atoms with E-state index in [4.69, 9.17) is 0 Å². The molecule has 0 heterocycles. The van der Waals surface area contributed by atoms with Gasteiger partial charge in [0.15, 0.2) is 9.84 Å². The van der Waals surface area contributed by atoms with Gasteiger partial charge < -0.3 is 0 Å². The fraction of sp³-hybridized carbons (Fsp3) is 0.462. The van der Waals surface area contributed by atoms with E-state index < -0.39 is 9.84 Å². The maximum Gasteiger partial charge on any atom is 0.178 e. The predicted molar refractivity (Wildman–Crippen MR) is 69.9 cm³/mol. The van der Waals surface area contributed by atoms with E-state index in [1.54, 1.807) is 24.3 Å². The van der Waals surface area contributed by atoms with Gasteiger partial charge in [0.2, 0.25) is 0 Å². The van der Waals surface area contributed by atoms with Crippen LogP contribution in [0.5, 0.6) is 0 Å². The molecular formula is C13H20O3S. The highest BCUT2D eigenvalue weighted by molar-refractivity contribution is 7.91. The zero-order chi connectivity index (χ0) is 13.5. The molecule has 0 N–H and O–H groups in total. The van der Waals surface area contributed by atoms with Crippen LogP contribution < -0.4 is 0 Å². The van der Waals surface area contributed by atoms with E-state index in [-0.39, 0.29) is 22.9 Å². The van der Waals surface area contributed by atoms with Crippen molar-refractivity contribution >= 4 is 15.6 Å². The van der Waals surface area contributed by atoms with E-state index in [9.17, 15) is 13.2 Å². The van der Waals surface area contributed by atoms with Crippen molar-refractivity contribution in [3.8, 4) is 0 Å². The average molecular weight is 256 g/mol. The van der Waals surface area contributed by atoms with E-state index in [0.717, 1.165) is 5.56 Å². The molecule has 0 saturated heterocycles. The summed E-state index contributed by atoms with van der Waals surface area (Å²) in [6.45, 7) is 7.29. The van der Waals surface area contributed by atoms with Crippen LogP contribution in [0, 0.1) is 6.92 Å². The fourth-order valence-electron chi connectivity index (χ4n) is 1.14. The van der Waals surface area contributed by atoms with Crippen molar-refractivity contribution in [1.29, 1.82) is 0 Å². The van der Waals surface area contributed by atoms with E-state index in [2.05, 4.69) is 0 Å². The number of ketones is 1. The molecule has 0 atom stereocenters. The molecule has 1 rings (SSSR count). The minimum atomic E-state index is -3.29. The molecule has 3 nitrogen and oxygen atoms in total. The van der Waals surface area contributed by atoms with Gasteiger partial charge in [0.1, 0.15) is 5.78 Å². The summed E-state index contributed by atoms with van der Waals surface area (Å²) in [5, 5.41) is 0. The summed E-state index contributed by atoms with van der Waals surface area (Å²) >= 11 is 0. The topological polar surface area (TPSA) is 51.2 Å². The molecule has 0 amide bonds. The van der Waals surface area contributed by atoms with Crippen molar-refractivity contribution < 1.29 is 13.2 Å². The van der Waals surface area contributed by atoms with Gasteiger partial charge in [-0.1, -0.05) is 31.5 Å². The van der Waals surface area contributed by atoms with Gasteiger partial charge in [-0.25, -0.2) is 8.42 Å². The Bertz CT molecular complexity index is 444. The van der Waals surface area contributed by atoms with E-state index in [1.165, 1.54) is 6.92 Å². The van der Waals surface area contributed by atoms with Crippen LogP contribution >= 0.6 is 0 Å². The number of carbonyl (C=O) groups excluding carboxylic acids is 1. The molecule has 0 aromatic heterocycles. The largest absolute Gasteiger partial charge is 0.300 e. The van der Waals surface area contributed by atoms with Crippen LogP contribution in [0.25, 0.3) is 0 Å². The number of benzene rings is 1. The summed E-state index contributed by atoms with van der Waals surface area (Å²) in [6, 6.07) is 6.65. The highest BCUT2D eigenvalue weighted by Gasteiger charge is 2.14. The van der Waals surface area contributed by atoms with Crippen molar-refractivity contribution in [3.05, 3.63) is 29.8 Å². The number of Topliss-reactive ketones (excluding diaryl/α,β-unsaturated/α-hetero) is 1. The Labute approximate surface area is 104 Å². The van der Waals surface area contributed by atoms with Gasteiger partial charge in [-0.05, 0) is 26.0 Å². The number of aryl methyl sites for hydroxylation is 1. The molecule has 0 aliphatic carbocycles. The van der Waals surface area contributed by atoms with Crippen molar-refractivity contribution in [2.45, 2.75) is 39.0 Å². The van der Waals surface area contributed by atoms with Gasteiger partial charge in [0.05, 0.1) is 10.6 Å². The van der Waals surface area contributed by atoms with Gasteiger partial charge in [-0.3, -0.25) is 4.79 Å². The molecule has 0 spiro atoms. The summed E-state index contributed by atoms with van der Waals surface area (Å²) < 4.78 is 23.4. The third kappa shape index (κ3) is 5.63. The summed E-state index contributed by atoms with van der Waals surface area (Å²) in [5.41, 5.74) is 1.01. The zero-order valence-electron chi connectivity index (χ0n) is 10.9. The van der Waals surface area contributed by atoms with Gasteiger partial charge in [-0.15, -0.1) is 0 Å². The van der Waals surface area contributed by atoms with Gasteiger partial charge in [0, 0.05) is 6.42 Å². The Hall–Kier alpha value is -1.16. The van der Waals surface area contributed by atoms with Crippen molar-refractivity contribution in [1.82, 2.24) is 0 Å². The second kappa shape index (κ2) is 7.22. The number of hydrogen-bond donors (Lipinski definition) is 0. The summed E-state index contributed by atoms with van der Waals surface area (Å²) in [7, 11) is -3.29. The molecule has 1 aromatic carbocycles. The van der Waals surface area contributed by atoms with Crippen LogP contribution in [0.2, 0.25) is 0 Å².